The largest absolute Gasteiger partial charge is 0.386 e. The highest BCUT2D eigenvalue weighted by Gasteiger charge is 2.23. The van der Waals surface area contributed by atoms with Crippen LogP contribution in [-0.4, -0.2) is 17.7 Å². The van der Waals surface area contributed by atoms with Crippen molar-refractivity contribution in [3.05, 3.63) is 21.3 Å². The van der Waals surface area contributed by atoms with Gasteiger partial charge in [0.15, 0.2) is 0 Å². The third-order valence-electron chi connectivity index (χ3n) is 2.61. The molecule has 1 fully saturated rings. The van der Waals surface area contributed by atoms with Crippen LogP contribution in [0.4, 0.5) is 0 Å². The molecule has 14 heavy (non-hydrogen) atoms. The predicted molar refractivity (Wildman–Crippen MR) is 59.9 cm³/mol. The first-order chi connectivity index (χ1) is 6.77. The van der Waals surface area contributed by atoms with Crippen LogP contribution in [0, 0.1) is 0 Å². The maximum Gasteiger partial charge on any atom is 0.103 e. The molecule has 0 amide bonds. The van der Waals surface area contributed by atoms with E-state index in [1.54, 1.807) is 0 Å². The van der Waals surface area contributed by atoms with E-state index in [9.17, 15) is 5.11 Å². The van der Waals surface area contributed by atoms with E-state index >= 15 is 0 Å². The Morgan fingerprint density at radius 2 is 2.43 bits per heavy atom. The van der Waals surface area contributed by atoms with Crippen LogP contribution in [0.15, 0.2) is 11.4 Å². The van der Waals surface area contributed by atoms with Gasteiger partial charge in [0.2, 0.25) is 0 Å². The van der Waals surface area contributed by atoms with Crippen LogP contribution >= 0.6 is 22.9 Å². The first kappa shape index (κ1) is 10.4. The maximum atomic E-state index is 10.0. The Hall–Kier alpha value is -0.0900. The van der Waals surface area contributed by atoms with Gasteiger partial charge in [-0.05, 0) is 25.5 Å². The van der Waals surface area contributed by atoms with E-state index < -0.39 is 6.10 Å². The summed E-state index contributed by atoms with van der Waals surface area (Å²) in [6, 6.07) is 2.06. The number of nitrogens with one attached hydrogen (secondary N) is 1. The van der Waals surface area contributed by atoms with Gasteiger partial charge in [0.05, 0.1) is 5.02 Å². The Balaban J connectivity index is 2.03. The average molecular weight is 232 g/mol. The topological polar surface area (TPSA) is 32.3 Å². The summed E-state index contributed by atoms with van der Waals surface area (Å²) in [4.78, 5) is 0.967. The lowest BCUT2D eigenvalue weighted by molar-refractivity contribution is 0.117. The molecular formula is C10H14ClNOS. The fourth-order valence-corrected chi connectivity index (χ4v) is 2.96. The summed E-state index contributed by atoms with van der Waals surface area (Å²) in [6.07, 6.45) is 3.08. The number of rotatable bonds is 2. The minimum atomic E-state index is -0.396. The lowest BCUT2D eigenvalue weighted by Crippen LogP contribution is -2.38. The summed E-state index contributed by atoms with van der Waals surface area (Å²) in [5.74, 6) is 0. The molecular weight excluding hydrogens is 218 g/mol. The van der Waals surface area contributed by atoms with Crippen molar-refractivity contribution in [1.82, 2.24) is 5.32 Å². The van der Waals surface area contributed by atoms with E-state index in [4.69, 9.17) is 11.6 Å². The Morgan fingerprint density at radius 1 is 1.57 bits per heavy atom. The van der Waals surface area contributed by atoms with Crippen LogP contribution in [-0.2, 0) is 0 Å². The Morgan fingerprint density at radius 3 is 3.00 bits per heavy atom. The first-order valence-corrected chi connectivity index (χ1v) is 6.18. The monoisotopic (exact) mass is 231 g/mol. The van der Waals surface area contributed by atoms with E-state index in [2.05, 4.69) is 5.32 Å². The van der Waals surface area contributed by atoms with E-state index in [0.717, 1.165) is 22.9 Å². The van der Waals surface area contributed by atoms with E-state index in [1.165, 1.54) is 24.2 Å². The summed E-state index contributed by atoms with van der Waals surface area (Å²) >= 11 is 7.35. The molecule has 0 radical (unpaired) electrons. The normalized spacial score (nSPS) is 24.9. The van der Waals surface area contributed by atoms with Crippen LogP contribution in [0.5, 0.6) is 0 Å². The summed E-state index contributed by atoms with van der Waals surface area (Å²) in [5, 5.41) is 16.0. The van der Waals surface area contributed by atoms with Gasteiger partial charge in [-0.2, -0.15) is 0 Å². The molecule has 1 saturated heterocycles. The average Bonchev–Trinajstić information content (AvgIpc) is 2.65. The van der Waals surface area contributed by atoms with Crippen LogP contribution < -0.4 is 5.32 Å². The molecule has 2 atom stereocenters. The van der Waals surface area contributed by atoms with Crippen molar-refractivity contribution in [3.8, 4) is 0 Å². The smallest absolute Gasteiger partial charge is 0.103 e. The van der Waals surface area contributed by atoms with Gasteiger partial charge < -0.3 is 10.4 Å². The number of halogens is 1. The zero-order chi connectivity index (χ0) is 9.97. The summed E-state index contributed by atoms with van der Waals surface area (Å²) in [6.45, 7) is 1.01. The van der Waals surface area contributed by atoms with E-state index in [1.807, 2.05) is 11.4 Å². The number of hydrogen-bond donors (Lipinski definition) is 2. The van der Waals surface area contributed by atoms with Crippen molar-refractivity contribution in [1.29, 1.82) is 0 Å². The highest BCUT2D eigenvalue weighted by atomic mass is 35.5. The minimum Gasteiger partial charge on any atom is -0.386 e. The third-order valence-corrected chi connectivity index (χ3v) is 3.96. The van der Waals surface area contributed by atoms with Gasteiger partial charge in [0, 0.05) is 16.3 Å². The Kier molecular flexibility index (Phi) is 3.44. The molecule has 2 N–H and O–H groups in total. The SMILES string of the molecule is OC(c1cc(Cl)cs1)C1CCCCN1. The first-order valence-electron chi connectivity index (χ1n) is 4.93. The van der Waals surface area contributed by atoms with Crippen molar-refractivity contribution < 1.29 is 5.11 Å². The standard InChI is InChI=1S/C10H14ClNOS/c11-7-5-9(14-6-7)10(13)8-3-1-2-4-12-8/h5-6,8,10,12-13H,1-4H2. The lowest BCUT2D eigenvalue weighted by Gasteiger charge is -2.27. The maximum absolute atomic E-state index is 10.0. The summed E-state index contributed by atoms with van der Waals surface area (Å²) in [5.41, 5.74) is 0. The van der Waals surface area contributed by atoms with E-state index in [-0.39, 0.29) is 6.04 Å². The van der Waals surface area contributed by atoms with Crippen LogP contribution in [0.25, 0.3) is 0 Å². The zero-order valence-corrected chi connectivity index (χ0v) is 9.44. The van der Waals surface area contributed by atoms with Crippen molar-refractivity contribution >= 4 is 22.9 Å². The van der Waals surface area contributed by atoms with Crippen molar-refractivity contribution in [2.75, 3.05) is 6.54 Å². The second kappa shape index (κ2) is 4.62. The number of thiophene rings is 1. The van der Waals surface area contributed by atoms with Crippen LogP contribution in [0.1, 0.15) is 30.2 Å². The highest BCUT2D eigenvalue weighted by molar-refractivity contribution is 7.10. The second-order valence-corrected chi connectivity index (χ2v) is 5.05. The van der Waals surface area contributed by atoms with Gasteiger partial charge in [-0.15, -0.1) is 11.3 Å². The molecule has 2 rings (SSSR count). The van der Waals surface area contributed by atoms with Crippen molar-refractivity contribution in [3.63, 3.8) is 0 Å². The molecule has 2 heterocycles. The lowest BCUT2D eigenvalue weighted by atomic mass is 9.99. The molecule has 0 aromatic carbocycles. The third kappa shape index (κ3) is 2.28. The number of hydrogen-bond acceptors (Lipinski definition) is 3. The zero-order valence-electron chi connectivity index (χ0n) is 7.87. The van der Waals surface area contributed by atoms with E-state index in [0.29, 0.717) is 0 Å². The van der Waals surface area contributed by atoms with Gasteiger partial charge in [-0.3, -0.25) is 0 Å². The van der Waals surface area contributed by atoms with Crippen molar-refractivity contribution in [2.45, 2.75) is 31.4 Å². The molecule has 2 unspecified atom stereocenters. The molecule has 1 aromatic rings. The molecule has 0 saturated carbocycles. The van der Waals surface area contributed by atoms with Gasteiger partial charge in [0.25, 0.3) is 0 Å². The molecule has 78 valence electrons. The molecule has 1 aliphatic heterocycles. The second-order valence-electron chi connectivity index (χ2n) is 3.67. The number of aliphatic hydroxyl groups excluding tert-OH is 1. The summed E-state index contributed by atoms with van der Waals surface area (Å²) < 4.78 is 0. The molecule has 0 spiro atoms. The highest BCUT2D eigenvalue weighted by Crippen LogP contribution is 2.29. The fourth-order valence-electron chi connectivity index (χ4n) is 1.83. The minimum absolute atomic E-state index is 0.207. The van der Waals surface area contributed by atoms with Gasteiger partial charge in [-0.1, -0.05) is 18.0 Å². The number of aliphatic hydroxyl groups is 1. The van der Waals surface area contributed by atoms with Gasteiger partial charge >= 0.3 is 0 Å². The number of piperidine rings is 1. The van der Waals surface area contributed by atoms with Gasteiger partial charge in [-0.25, -0.2) is 0 Å². The Labute approximate surface area is 92.9 Å². The molecule has 0 bridgehead atoms. The molecule has 2 nitrogen and oxygen atoms in total. The predicted octanol–water partition coefficient (Wildman–Crippen LogP) is 2.58. The van der Waals surface area contributed by atoms with Crippen LogP contribution in [0.3, 0.4) is 0 Å². The quantitative estimate of drug-likeness (QED) is 0.820. The van der Waals surface area contributed by atoms with Gasteiger partial charge in [0.1, 0.15) is 6.10 Å². The molecule has 1 aliphatic rings. The Bertz CT molecular complexity index is 296. The molecule has 4 heteroatoms. The molecule has 1 aromatic heterocycles. The summed E-state index contributed by atoms with van der Waals surface area (Å²) in [7, 11) is 0. The van der Waals surface area contributed by atoms with Crippen LogP contribution in [0.2, 0.25) is 5.02 Å². The van der Waals surface area contributed by atoms with Crippen molar-refractivity contribution in [2.24, 2.45) is 0 Å². The molecule has 0 aliphatic carbocycles. The fraction of sp³-hybridized carbons (Fsp3) is 0.600.